The van der Waals surface area contributed by atoms with Crippen LogP contribution in [0.2, 0.25) is 0 Å². The van der Waals surface area contributed by atoms with Gasteiger partial charge in [-0.25, -0.2) is 18.9 Å². The molecule has 2 heterocycles. The molecule has 0 spiro atoms. The summed E-state index contributed by atoms with van der Waals surface area (Å²) in [6.07, 6.45) is 4.05. The number of H-pyrrole nitrogens is 1. The van der Waals surface area contributed by atoms with Crippen LogP contribution in [-0.4, -0.2) is 33.8 Å². The van der Waals surface area contributed by atoms with E-state index >= 15 is 0 Å². The lowest BCUT2D eigenvalue weighted by Gasteiger charge is -2.13. The van der Waals surface area contributed by atoms with Gasteiger partial charge in [-0.3, -0.25) is 10.0 Å². The summed E-state index contributed by atoms with van der Waals surface area (Å²) in [4.78, 5) is 17.7. The predicted molar refractivity (Wildman–Crippen MR) is 85.2 cm³/mol. The van der Waals surface area contributed by atoms with Gasteiger partial charge in [0.25, 0.3) is 15.9 Å². The Morgan fingerprint density at radius 2 is 2.12 bits per heavy atom. The molecular formula is C15H16N4O4S. The molecule has 0 radical (unpaired) electrons. The zero-order valence-electron chi connectivity index (χ0n) is 12.9. The van der Waals surface area contributed by atoms with Gasteiger partial charge < -0.3 is 4.98 Å². The third-order valence-electron chi connectivity index (χ3n) is 3.76. The molecule has 1 aliphatic rings. The van der Waals surface area contributed by atoms with Crippen LogP contribution in [0.1, 0.15) is 22.5 Å². The molecular weight excluding hydrogens is 332 g/mol. The number of nitrogens with one attached hydrogen (secondary N) is 2. The minimum atomic E-state index is -3.63. The standard InChI is InChI=1S/C15H16N4O4S/c1-10-16-7-15(17-10)24(22,23)19-8-12-4-2-11(6-13(12)9-19)3-5-14(20)18-21/h2-7,21H,8-9H2,1H3,(H,16,17)(H,18,20). The maximum atomic E-state index is 12.6. The van der Waals surface area contributed by atoms with E-state index in [1.807, 2.05) is 12.1 Å². The molecule has 1 aromatic carbocycles. The first-order valence-electron chi connectivity index (χ1n) is 7.16. The van der Waals surface area contributed by atoms with Crippen molar-refractivity contribution in [3.05, 3.63) is 53.0 Å². The van der Waals surface area contributed by atoms with E-state index < -0.39 is 15.9 Å². The second-order valence-electron chi connectivity index (χ2n) is 5.44. The maximum absolute atomic E-state index is 12.6. The number of nitrogens with zero attached hydrogens (tertiary/aromatic N) is 2. The lowest BCUT2D eigenvalue weighted by Crippen LogP contribution is -2.25. The second kappa shape index (κ2) is 6.19. The van der Waals surface area contributed by atoms with Gasteiger partial charge in [-0.05, 0) is 29.7 Å². The normalized spacial score (nSPS) is 14.9. The van der Waals surface area contributed by atoms with Crippen LogP contribution < -0.4 is 5.48 Å². The van der Waals surface area contributed by atoms with Crippen molar-refractivity contribution in [2.24, 2.45) is 0 Å². The minimum absolute atomic E-state index is 0.0764. The van der Waals surface area contributed by atoms with E-state index in [4.69, 9.17) is 5.21 Å². The fourth-order valence-electron chi connectivity index (χ4n) is 2.53. The van der Waals surface area contributed by atoms with E-state index in [2.05, 4.69) is 9.97 Å². The molecule has 1 aliphatic heterocycles. The number of aryl methyl sites for hydroxylation is 1. The molecule has 9 heteroatoms. The third-order valence-corrected chi connectivity index (χ3v) is 5.46. The average Bonchev–Trinajstić information content (AvgIpc) is 3.18. The fraction of sp³-hybridized carbons (Fsp3) is 0.200. The number of imidazole rings is 1. The number of aromatic nitrogens is 2. The molecule has 0 bridgehead atoms. The van der Waals surface area contributed by atoms with Crippen LogP contribution in [0.25, 0.3) is 6.08 Å². The number of rotatable bonds is 4. The van der Waals surface area contributed by atoms with Crippen molar-refractivity contribution in [3.63, 3.8) is 0 Å². The van der Waals surface area contributed by atoms with Gasteiger partial charge in [-0.1, -0.05) is 18.2 Å². The highest BCUT2D eigenvalue weighted by atomic mass is 32.2. The smallest absolute Gasteiger partial charge is 0.267 e. The summed E-state index contributed by atoms with van der Waals surface area (Å²) in [5, 5.41) is 8.55. The van der Waals surface area contributed by atoms with Crippen LogP contribution >= 0.6 is 0 Å². The van der Waals surface area contributed by atoms with Crippen molar-refractivity contribution in [1.82, 2.24) is 19.8 Å². The first-order chi connectivity index (χ1) is 11.4. The second-order valence-corrected chi connectivity index (χ2v) is 7.35. The number of sulfonamides is 1. The van der Waals surface area contributed by atoms with E-state index in [9.17, 15) is 13.2 Å². The summed E-state index contributed by atoms with van der Waals surface area (Å²) in [6, 6.07) is 5.44. The molecule has 0 unspecified atom stereocenters. The Balaban J connectivity index is 1.82. The van der Waals surface area contributed by atoms with E-state index in [1.165, 1.54) is 22.1 Å². The summed E-state index contributed by atoms with van der Waals surface area (Å²) in [7, 11) is -3.63. The number of carbonyl (C=O) groups excluding carboxylic acids is 1. The molecule has 126 valence electrons. The van der Waals surface area contributed by atoms with Gasteiger partial charge in [0.1, 0.15) is 5.82 Å². The van der Waals surface area contributed by atoms with E-state index in [-0.39, 0.29) is 18.1 Å². The van der Waals surface area contributed by atoms with Gasteiger partial charge in [-0.15, -0.1) is 0 Å². The van der Waals surface area contributed by atoms with E-state index in [0.29, 0.717) is 5.82 Å². The lowest BCUT2D eigenvalue weighted by molar-refractivity contribution is -0.124. The van der Waals surface area contributed by atoms with Gasteiger partial charge in [0, 0.05) is 19.2 Å². The number of hydrogen-bond acceptors (Lipinski definition) is 5. The number of hydroxylamine groups is 1. The third kappa shape index (κ3) is 3.09. The van der Waals surface area contributed by atoms with Crippen LogP contribution in [0.15, 0.2) is 35.5 Å². The van der Waals surface area contributed by atoms with Crippen molar-refractivity contribution >= 4 is 22.0 Å². The number of amides is 1. The maximum Gasteiger partial charge on any atom is 0.267 e. The molecule has 0 saturated carbocycles. The molecule has 0 atom stereocenters. The van der Waals surface area contributed by atoms with Crippen LogP contribution in [-0.2, 0) is 27.9 Å². The van der Waals surface area contributed by atoms with Crippen molar-refractivity contribution in [2.75, 3.05) is 0 Å². The van der Waals surface area contributed by atoms with Crippen LogP contribution in [0, 0.1) is 6.92 Å². The number of carbonyl (C=O) groups is 1. The van der Waals surface area contributed by atoms with Crippen LogP contribution in [0.3, 0.4) is 0 Å². The molecule has 0 aliphatic carbocycles. The largest absolute Gasteiger partial charge is 0.332 e. The highest BCUT2D eigenvalue weighted by molar-refractivity contribution is 7.89. The highest BCUT2D eigenvalue weighted by Crippen LogP contribution is 2.29. The van der Waals surface area contributed by atoms with E-state index in [1.54, 1.807) is 19.1 Å². The average molecular weight is 348 g/mol. The SMILES string of the molecule is Cc1ncc(S(=O)(=O)N2Cc3ccc(C=CC(=O)NO)cc3C2)[nH]1. The Bertz CT molecular complexity index is 917. The summed E-state index contributed by atoms with van der Waals surface area (Å²) in [5.41, 5.74) is 4.05. The van der Waals surface area contributed by atoms with E-state index in [0.717, 1.165) is 16.7 Å². The first-order valence-corrected chi connectivity index (χ1v) is 8.60. The molecule has 0 fully saturated rings. The Kier molecular flexibility index (Phi) is 4.22. The number of fused-ring (bicyclic) bond motifs is 1. The summed E-state index contributed by atoms with van der Waals surface area (Å²) < 4.78 is 26.6. The predicted octanol–water partition coefficient (Wildman–Crippen LogP) is 0.941. The monoisotopic (exact) mass is 348 g/mol. The van der Waals surface area contributed by atoms with Crippen molar-refractivity contribution in [2.45, 2.75) is 25.0 Å². The van der Waals surface area contributed by atoms with Crippen LogP contribution in [0.4, 0.5) is 0 Å². The van der Waals surface area contributed by atoms with Gasteiger partial charge in [-0.2, -0.15) is 4.31 Å². The topological polar surface area (TPSA) is 115 Å². The summed E-state index contributed by atoms with van der Waals surface area (Å²) >= 11 is 0. The molecule has 3 N–H and O–H groups in total. The molecule has 0 saturated heterocycles. The number of hydrogen-bond donors (Lipinski definition) is 3. The van der Waals surface area contributed by atoms with Crippen LogP contribution in [0.5, 0.6) is 0 Å². The summed E-state index contributed by atoms with van der Waals surface area (Å²) in [6.45, 7) is 2.24. The first kappa shape index (κ1) is 16.4. The Morgan fingerprint density at radius 3 is 2.79 bits per heavy atom. The van der Waals surface area contributed by atoms with Gasteiger partial charge in [0.15, 0.2) is 5.03 Å². The number of benzene rings is 1. The highest BCUT2D eigenvalue weighted by Gasteiger charge is 2.31. The molecule has 24 heavy (non-hydrogen) atoms. The Hall–Kier alpha value is -2.49. The van der Waals surface area contributed by atoms with Gasteiger partial charge in [0.2, 0.25) is 0 Å². The number of aromatic amines is 1. The summed E-state index contributed by atoms with van der Waals surface area (Å²) in [5.74, 6) is -0.0887. The zero-order chi connectivity index (χ0) is 17.3. The molecule has 3 rings (SSSR count). The molecule has 1 amide bonds. The molecule has 2 aromatic rings. The Labute approximate surface area is 138 Å². The molecule has 1 aromatic heterocycles. The van der Waals surface area contributed by atoms with Crippen molar-refractivity contribution in [1.29, 1.82) is 0 Å². The fourth-order valence-corrected chi connectivity index (χ4v) is 3.89. The minimum Gasteiger partial charge on any atom is -0.332 e. The quantitative estimate of drug-likeness (QED) is 0.432. The van der Waals surface area contributed by atoms with Crippen molar-refractivity contribution < 1.29 is 18.4 Å². The zero-order valence-corrected chi connectivity index (χ0v) is 13.7. The molecule has 8 nitrogen and oxygen atoms in total. The van der Waals surface area contributed by atoms with Crippen molar-refractivity contribution in [3.8, 4) is 0 Å². The van der Waals surface area contributed by atoms with Gasteiger partial charge in [0.05, 0.1) is 6.20 Å². The lowest BCUT2D eigenvalue weighted by atomic mass is 10.1. The van der Waals surface area contributed by atoms with Gasteiger partial charge >= 0.3 is 0 Å². The Morgan fingerprint density at radius 1 is 1.38 bits per heavy atom.